The van der Waals surface area contributed by atoms with Crippen LogP contribution in [0.2, 0.25) is 0 Å². The largest absolute Gasteiger partial charge is 0.494 e. The van der Waals surface area contributed by atoms with Gasteiger partial charge >= 0.3 is 5.97 Å². The lowest BCUT2D eigenvalue weighted by atomic mass is 10.1. The highest BCUT2D eigenvalue weighted by Crippen LogP contribution is 2.22. The molecule has 1 aromatic carbocycles. The third-order valence-corrected chi connectivity index (χ3v) is 4.14. The number of benzene rings is 1. The van der Waals surface area contributed by atoms with Crippen LogP contribution < -0.4 is 15.8 Å². The van der Waals surface area contributed by atoms with Crippen LogP contribution in [0.25, 0.3) is 0 Å². The Morgan fingerprint density at radius 2 is 2.07 bits per heavy atom. The molecule has 0 saturated heterocycles. The average Bonchev–Trinajstić information content (AvgIpc) is 2.97. The zero-order chi connectivity index (χ0) is 21.8. The number of ether oxygens (including phenoxy) is 4. The van der Waals surface area contributed by atoms with E-state index in [2.05, 4.69) is 10.1 Å². The minimum Gasteiger partial charge on any atom is -0.494 e. The van der Waals surface area contributed by atoms with Gasteiger partial charge in [-0.1, -0.05) is 18.2 Å². The topological polar surface area (TPSA) is 109 Å². The SMILES string of the molecule is COC(=O)CNC(=O)C1C=C(Oc2ccccc2)C(CO/C(C)=C/CCN)=CCO1. The molecule has 0 aliphatic carbocycles. The lowest BCUT2D eigenvalue weighted by Gasteiger charge is -2.16. The van der Waals surface area contributed by atoms with E-state index in [-0.39, 0.29) is 19.8 Å². The Hall–Kier alpha value is -3.10. The van der Waals surface area contributed by atoms with Gasteiger partial charge in [0.1, 0.15) is 24.7 Å². The molecular weight excluding hydrogens is 388 g/mol. The highest BCUT2D eigenvalue weighted by atomic mass is 16.5. The second-order valence-corrected chi connectivity index (χ2v) is 6.40. The first kappa shape index (κ1) is 23.2. The van der Waals surface area contributed by atoms with E-state index < -0.39 is 18.0 Å². The van der Waals surface area contributed by atoms with E-state index in [1.165, 1.54) is 7.11 Å². The number of carbonyl (C=O) groups excluding carboxylic acids is 2. The van der Waals surface area contributed by atoms with Gasteiger partial charge in [0.2, 0.25) is 0 Å². The van der Waals surface area contributed by atoms with Crippen molar-refractivity contribution in [2.75, 3.05) is 33.4 Å². The molecule has 1 atom stereocenters. The number of hydrogen-bond acceptors (Lipinski definition) is 7. The fraction of sp³-hybridized carbons (Fsp3) is 0.364. The van der Waals surface area contributed by atoms with Gasteiger partial charge in [-0.2, -0.15) is 0 Å². The van der Waals surface area contributed by atoms with E-state index in [9.17, 15) is 9.59 Å². The van der Waals surface area contributed by atoms with E-state index in [1.807, 2.05) is 43.3 Å². The Kier molecular flexibility index (Phi) is 9.63. The van der Waals surface area contributed by atoms with E-state index in [4.69, 9.17) is 19.9 Å². The maximum Gasteiger partial charge on any atom is 0.325 e. The molecule has 8 nitrogen and oxygen atoms in total. The van der Waals surface area contributed by atoms with Gasteiger partial charge in [-0.15, -0.1) is 0 Å². The molecule has 1 aliphatic rings. The van der Waals surface area contributed by atoms with Crippen molar-refractivity contribution in [3.63, 3.8) is 0 Å². The lowest BCUT2D eigenvalue weighted by Crippen LogP contribution is -2.38. The summed E-state index contributed by atoms with van der Waals surface area (Å²) >= 11 is 0. The summed E-state index contributed by atoms with van der Waals surface area (Å²) in [6.45, 7) is 2.58. The molecule has 1 amide bonds. The highest BCUT2D eigenvalue weighted by molar-refractivity contribution is 5.86. The summed E-state index contributed by atoms with van der Waals surface area (Å²) in [6.07, 6.45) is 5.08. The smallest absolute Gasteiger partial charge is 0.325 e. The maximum atomic E-state index is 12.4. The molecular formula is C22H28N2O6. The molecule has 0 aromatic heterocycles. The molecule has 1 unspecified atom stereocenters. The first-order valence-corrected chi connectivity index (χ1v) is 9.63. The van der Waals surface area contributed by atoms with Crippen molar-refractivity contribution in [2.24, 2.45) is 5.73 Å². The average molecular weight is 416 g/mol. The van der Waals surface area contributed by atoms with Gasteiger partial charge < -0.3 is 30.0 Å². The van der Waals surface area contributed by atoms with Gasteiger partial charge in [-0.25, -0.2) is 0 Å². The number of nitrogens with two attached hydrogens (primary N) is 1. The zero-order valence-electron chi connectivity index (χ0n) is 17.3. The quantitative estimate of drug-likeness (QED) is 0.442. The van der Waals surface area contributed by atoms with Gasteiger partial charge in [-0.3, -0.25) is 9.59 Å². The fourth-order valence-electron chi connectivity index (χ4n) is 2.51. The molecule has 0 fully saturated rings. The van der Waals surface area contributed by atoms with Crippen LogP contribution >= 0.6 is 0 Å². The molecule has 1 heterocycles. The maximum absolute atomic E-state index is 12.4. The normalized spacial score (nSPS) is 16.6. The zero-order valence-corrected chi connectivity index (χ0v) is 17.3. The van der Waals surface area contributed by atoms with Crippen LogP contribution in [0.4, 0.5) is 0 Å². The van der Waals surface area contributed by atoms with E-state index >= 15 is 0 Å². The molecule has 0 bridgehead atoms. The number of esters is 1. The molecule has 0 saturated carbocycles. The first-order chi connectivity index (χ1) is 14.5. The Balaban J connectivity index is 2.17. The highest BCUT2D eigenvalue weighted by Gasteiger charge is 2.23. The third kappa shape index (κ3) is 7.73. The molecule has 8 heteroatoms. The molecule has 1 aliphatic heterocycles. The van der Waals surface area contributed by atoms with E-state index in [0.29, 0.717) is 18.1 Å². The summed E-state index contributed by atoms with van der Waals surface area (Å²) in [7, 11) is 1.25. The van der Waals surface area contributed by atoms with Crippen molar-refractivity contribution >= 4 is 11.9 Å². The molecule has 30 heavy (non-hydrogen) atoms. The third-order valence-electron chi connectivity index (χ3n) is 4.14. The van der Waals surface area contributed by atoms with Crippen LogP contribution in [-0.4, -0.2) is 51.4 Å². The van der Waals surface area contributed by atoms with Crippen molar-refractivity contribution in [3.8, 4) is 5.75 Å². The number of carbonyl (C=O) groups is 2. The number of nitrogens with one attached hydrogen (secondary N) is 1. The predicted molar refractivity (Wildman–Crippen MR) is 111 cm³/mol. The van der Waals surface area contributed by atoms with Gasteiger partial charge in [0.05, 0.1) is 19.5 Å². The number of amides is 1. The Labute approximate surface area is 176 Å². The number of para-hydroxylation sites is 1. The van der Waals surface area contributed by atoms with Gasteiger partial charge in [0, 0.05) is 5.57 Å². The number of rotatable bonds is 10. The summed E-state index contributed by atoms with van der Waals surface area (Å²) in [5.74, 6) is 0.792. The Morgan fingerprint density at radius 3 is 2.77 bits per heavy atom. The van der Waals surface area contributed by atoms with Gasteiger partial charge in [0.15, 0.2) is 6.10 Å². The monoisotopic (exact) mass is 416 g/mol. The standard InChI is InChI=1S/C22H28N2O6/c1-16(7-6-11-23)29-15-17-10-12-28-20(22(26)24-14-21(25)27-2)13-19(17)30-18-8-4-3-5-9-18/h3-5,7-10,13,20H,6,11-12,14-15,23H2,1-2H3,(H,24,26)/b16-7+. The van der Waals surface area contributed by atoms with Gasteiger partial charge in [-0.05, 0) is 50.3 Å². The fourth-order valence-corrected chi connectivity index (χ4v) is 2.51. The van der Waals surface area contributed by atoms with Crippen LogP contribution in [0.15, 0.2) is 65.7 Å². The molecule has 0 radical (unpaired) electrons. The van der Waals surface area contributed by atoms with Crippen molar-refractivity contribution in [2.45, 2.75) is 19.4 Å². The number of methoxy groups -OCH3 is 1. The molecule has 0 spiro atoms. The van der Waals surface area contributed by atoms with E-state index in [0.717, 1.165) is 17.8 Å². The second kappa shape index (κ2) is 12.5. The van der Waals surface area contributed by atoms with Crippen LogP contribution in [-0.2, 0) is 23.8 Å². The first-order valence-electron chi connectivity index (χ1n) is 9.63. The van der Waals surface area contributed by atoms with E-state index in [1.54, 1.807) is 12.2 Å². The summed E-state index contributed by atoms with van der Waals surface area (Å²) in [6, 6.07) is 9.20. The lowest BCUT2D eigenvalue weighted by molar-refractivity contribution is -0.142. The summed E-state index contributed by atoms with van der Waals surface area (Å²) < 4.78 is 22.0. The minimum absolute atomic E-state index is 0.179. The summed E-state index contributed by atoms with van der Waals surface area (Å²) in [5.41, 5.74) is 6.25. The minimum atomic E-state index is -0.934. The molecule has 162 valence electrons. The van der Waals surface area contributed by atoms with Crippen molar-refractivity contribution in [1.82, 2.24) is 5.32 Å². The molecule has 3 N–H and O–H groups in total. The Bertz CT molecular complexity index is 801. The van der Waals surface area contributed by atoms with Crippen LogP contribution in [0, 0.1) is 0 Å². The van der Waals surface area contributed by atoms with Crippen molar-refractivity contribution in [1.29, 1.82) is 0 Å². The second-order valence-electron chi connectivity index (χ2n) is 6.40. The van der Waals surface area contributed by atoms with Crippen LogP contribution in [0.1, 0.15) is 13.3 Å². The molecule has 2 rings (SSSR count). The van der Waals surface area contributed by atoms with Crippen LogP contribution in [0.3, 0.4) is 0 Å². The van der Waals surface area contributed by atoms with Crippen molar-refractivity contribution < 1.29 is 28.5 Å². The van der Waals surface area contributed by atoms with Crippen molar-refractivity contribution in [3.05, 3.63) is 65.7 Å². The number of allylic oxidation sites excluding steroid dienone is 1. The summed E-state index contributed by atoms with van der Waals surface area (Å²) in [5, 5.41) is 2.49. The Morgan fingerprint density at radius 1 is 1.30 bits per heavy atom. The summed E-state index contributed by atoms with van der Waals surface area (Å²) in [4.78, 5) is 23.7. The predicted octanol–water partition coefficient (Wildman–Crippen LogP) is 1.83. The van der Waals surface area contributed by atoms with Gasteiger partial charge in [0.25, 0.3) is 5.91 Å². The molecule has 1 aromatic rings. The number of hydrogen-bond donors (Lipinski definition) is 2. The van der Waals surface area contributed by atoms with Crippen LogP contribution in [0.5, 0.6) is 5.75 Å².